The number of nitrogens with two attached hydrogens (primary N) is 1. The first kappa shape index (κ1) is 17.2. The lowest BCUT2D eigenvalue weighted by molar-refractivity contribution is -0.146. The standard InChI is InChI=1S/C20H24N2O4/c21-20(10-11-23,19(25)26)17-13-4-1-2-6-15(13)22(18(24)12-8-9-12)16-7-3-5-14(16)17/h1-2,4,6,11-12,14,16-17H,3,5,7-10,21H2,(H,25,26). The van der Waals surface area contributed by atoms with Crippen LogP contribution in [0, 0.1) is 11.8 Å². The number of benzene rings is 1. The van der Waals surface area contributed by atoms with Crippen LogP contribution in [0.5, 0.6) is 0 Å². The summed E-state index contributed by atoms with van der Waals surface area (Å²) in [4.78, 5) is 38.2. The maximum atomic E-state index is 13.0. The molecule has 0 bridgehead atoms. The Balaban J connectivity index is 1.87. The average Bonchev–Trinajstić information content (AvgIpc) is 3.37. The Morgan fingerprint density at radius 2 is 1.96 bits per heavy atom. The molecular weight excluding hydrogens is 332 g/mol. The quantitative estimate of drug-likeness (QED) is 0.787. The Bertz CT molecular complexity index is 760. The predicted octanol–water partition coefficient (Wildman–Crippen LogP) is 2.07. The van der Waals surface area contributed by atoms with Gasteiger partial charge < -0.3 is 20.5 Å². The number of fused-ring (bicyclic) bond motifs is 2. The average molecular weight is 356 g/mol. The Hall–Kier alpha value is -2.21. The fraction of sp³-hybridized carbons (Fsp3) is 0.550. The summed E-state index contributed by atoms with van der Waals surface area (Å²) in [6.45, 7) is 0. The molecule has 4 rings (SSSR count). The molecule has 2 aliphatic carbocycles. The second kappa shape index (κ2) is 6.20. The smallest absolute Gasteiger partial charge is 0.324 e. The van der Waals surface area contributed by atoms with E-state index in [-0.39, 0.29) is 30.2 Å². The maximum absolute atomic E-state index is 13.0. The van der Waals surface area contributed by atoms with Crippen LogP contribution in [0.25, 0.3) is 0 Å². The van der Waals surface area contributed by atoms with Gasteiger partial charge >= 0.3 is 5.97 Å². The maximum Gasteiger partial charge on any atom is 0.324 e. The number of nitrogens with zero attached hydrogens (tertiary/aromatic N) is 1. The van der Waals surface area contributed by atoms with Gasteiger partial charge in [-0.15, -0.1) is 0 Å². The van der Waals surface area contributed by atoms with E-state index in [4.69, 9.17) is 5.73 Å². The molecule has 1 aromatic carbocycles. The SMILES string of the molecule is NC(CC=O)(C(=O)O)C1c2ccccc2N(C(=O)C2CC2)C2CCCC21. The lowest BCUT2D eigenvalue weighted by atomic mass is 9.66. The number of hydrogen-bond acceptors (Lipinski definition) is 4. The topological polar surface area (TPSA) is 101 Å². The second-order valence-corrected chi connectivity index (χ2v) is 7.90. The van der Waals surface area contributed by atoms with Gasteiger partial charge in [0, 0.05) is 30.0 Å². The lowest BCUT2D eigenvalue weighted by Gasteiger charge is -2.48. The van der Waals surface area contributed by atoms with E-state index in [0.717, 1.165) is 43.4 Å². The van der Waals surface area contributed by atoms with Crippen LogP contribution in [0.3, 0.4) is 0 Å². The van der Waals surface area contributed by atoms with E-state index in [2.05, 4.69) is 0 Å². The van der Waals surface area contributed by atoms with E-state index >= 15 is 0 Å². The molecule has 138 valence electrons. The van der Waals surface area contributed by atoms with E-state index in [0.29, 0.717) is 6.29 Å². The Morgan fingerprint density at radius 1 is 1.23 bits per heavy atom. The third kappa shape index (κ3) is 2.47. The van der Waals surface area contributed by atoms with Gasteiger partial charge in [-0.25, -0.2) is 0 Å². The Kier molecular flexibility index (Phi) is 4.10. The number of para-hydroxylation sites is 1. The van der Waals surface area contributed by atoms with Crippen LogP contribution in [-0.2, 0) is 14.4 Å². The minimum absolute atomic E-state index is 0.0306. The first-order valence-electron chi connectivity index (χ1n) is 9.37. The fourth-order valence-corrected chi connectivity index (χ4v) is 5.01. The van der Waals surface area contributed by atoms with Crippen molar-refractivity contribution in [2.75, 3.05) is 4.90 Å². The number of rotatable bonds is 5. The van der Waals surface area contributed by atoms with Gasteiger partial charge in [0.1, 0.15) is 11.8 Å². The molecule has 2 fully saturated rings. The van der Waals surface area contributed by atoms with Crippen molar-refractivity contribution >= 4 is 23.9 Å². The minimum atomic E-state index is -1.65. The molecule has 3 N–H and O–H groups in total. The molecule has 0 radical (unpaired) electrons. The summed E-state index contributed by atoms with van der Waals surface area (Å²) < 4.78 is 0. The minimum Gasteiger partial charge on any atom is -0.480 e. The summed E-state index contributed by atoms with van der Waals surface area (Å²) in [6.07, 6.45) is 4.83. The molecule has 4 unspecified atom stereocenters. The summed E-state index contributed by atoms with van der Waals surface area (Å²) in [5, 5.41) is 9.87. The van der Waals surface area contributed by atoms with E-state index in [1.54, 1.807) is 0 Å². The molecule has 0 saturated heterocycles. The monoisotopic (exact) mass is 356 g/mol. The van der Waals surface area contributed by atoms with E-state index in [9.17, 15) is 19.5 Å². The molecule has 1 amide bonds. The predicted molar refractivity (Wildman–Crippen MR) is 95.8 cm³/mol. The molecule has 26 heavy (non-hydrogen) atoms. The summed E-state index contributed by atoms with van der Waals surface area (Å²) in [6, 6.07) is 7.45. The van der Waals surface area contributed by atoms with E-state index < -0.39 is 17.4 Å². The molecule has 3 aliphatic rings. The zero-order chi connectivity index (χ0) is 18.5. The van der Waals surface area contributed by atoms with Gasteiger partial charge in [-0.2, -0.15) is 0 Å². The Morgan fingerprint density at radius 3 is 2.62 bits per heavy atom. The van der Waals surface area contributed by atoms with Crippen LogP contribution in [0.15, 0.2) is 24.3 Å². The zero-order valence-electron chi connectivity index (χ0n) is 14.6. The molecule has 1 aromatic rings. The highest BCUT2D eigenvalue weighted by Crippen LogP contribution is 2.53. The Labute approximate surface area is 152 Å². The summed E-state index contributed by atoms with van der Waals surface area (Å²) in [5.41, 5.74) is 6.27. The zero-order valence-corrected chi connectivity index (χ0v) is 14.6. The van der Waals surface area contributed by atoms with Gasteiger partial charge in [0.25, 0.3) is 0 Å². The van der Waals surface area contributed by atoms with Crippen LogP contribution in [0.4, 0.5) is 5.69 Å². The van der Waals surface area contributed by atoms with E-state index in [1.165, 1.54) is 0 Å². The van der Waals surface area contributed by atoms with Crippen molar-refractivity contribution in [1.29, 1.82) is 0 Å². The van der Waals surface area contributed by atoms with Crippen LogP contribution in [-0.4, -0.2) is 34.8 Å². The first-order chi connectivity index (χ1) is 12.5. The molecular formula is C20H24N2O4. The van der Waals surface area contributed by atoms with Crippen molar-refractivity contribution in [1.82, 2.24) is 0 Å². The summed E-state index contributed by atoms with van der Waals surface area (Å²) in [7, 11) is 0. The molecule has 1 heterocycles. The van der Waals surface area contributed by atoms with Crippen molar-refractivity contribution in [3.05, 3.63) is 29.8 Å². The van der Waals surface area contributed by atoms with Crippen LogP contribution in [0.1, 0.15) is 50.0 Å². The van der Waals surface area contributed by atoms with Crippen molar-refractivity contribution in [3.63, 3.8) is 0 Å². The molecule has 6 nitrogen and oxygen atoms in total. The molecule has 1 aliphatic heterocycles. The number of hydrogen-bond donors (Lipinski definition) is 2. The summed E-state index contributed by atoms with van der Waals surface area (Å²) >= 11 is 0. The third-order valence-corrected chi connectivity index (χ3v) is 6.36. The molecule has 4 atom stereocenters. The van der Waals surface area contributed by atoms with Gasteiger partial charge in [0.15, 0.2) is 0 Å². The van der Waals surface area contributed by atoms with Crippen LogP contribution < -0.4 is 10.6 Å². The summed E-state index contributed by atoms with van der Waals surface area (Å²) in [5.74, 6) is -1.41. The van der Waals surface area contributed by atoms with Gasteiger partial charge in [0.2, 0.25) is 5.91 Å². The lowest BCUT2D eigenvalue weighted by Crippen LogP contribution is -2.60. The van der Waals surface area contributed by atoms with Crippen LogP contribution >= 0.6 is 0 Å². The van der Waals surface area contributed by atoms with Crippen molar-refractivity contribution < 1.29 is 19.5 Å². The van der Waals surface area contributed by atoms with Gasteiger partial charge in [-0.1, -0.05) is 24.6 Å². The number of carbonyl (C=O) groups excluding carboxylic acids is 2. The van der Waals surface area contributed by atoms with Crippen molar-refractivity contribution in [2.24, 2.45) is 17.6 Å². The second-order valence-electron chi connectivity index (χ2n) is 7.90. The van der Waals surface area contributed by atoms with Gasteiger partial charge in [0.05, 0.1) is 0 Å². The number of aliphatic carboxylic acids is 1. The first-order valence-corrected chi connectivity index (χ1v) is 9.37. The molecule has 0 spiro atoms. The highest BCUT2D eigenvalue weighted by atomic mass is 16.4. The van der Waals surface area contributed by atoms with Crippen molar-refractivity contribution in [3.8, 4) is 0 Å². The highest BCUT2D eigenvalue weighted by molar-refractivity contribution is 5.99. The number of anilines is 1. The molecule has 0 aromatic heterocycles. The van der Waals surface area contributed by atoms with Gasteiger partial charge in [-0.3, -0.25) is 9.59 Å². The van der Waals surface area contributed by atoms with Gasteiger partial charge in [-0.05, 0) is 43.2 Å². The van der Waals surface area contributed by atoms with Crippen molar-refractivity contribution in [2.45, 2.75) is 56.0 Å². The normalized spacial score (nSPS) is 29.4. The fourth-order valence-electron chi connectivity index (χ4n) is 5.01. The number of amides is 1. The van der Waals surface area contributed by atoms with E-state index in [1.807, 2.05) is 29.2 Å². The van der Waals surface area contributed by atoms with Crippen LogP contribution in [0.2, 0.25) is 0 Å². The highest BCUT2D eigenvalue weighted by Gasteiger charge is 2.56. The third-order valence-electron chi connectivity index (χ3n) is 6.36. The number of carboxylic acids is 1. The molecule has 6 heteroatoms. The number of aldehydes is 1. The number of carboxylic acid groups (broad SMARTS) is 1. The largest absolute Gasteiger partial charge is 0.480 e. The number of carbonyl (C=O) groups is 3. The molecule has 2 saturated carbocycles.